The number of benzene rings is 2. The molecule has 0 spiro atoms. The van der Waals surface area contributed by atoms with Gasteiger partial charge in [-0.2, -0.15) is 0 Å². The van der Waals surface area contributed by atoms with Crippen LogP contribution in [0.25, 0.3) is 0 Å². The molecule has 0 bridgehead atoms. The first-order valence-electron chi connectivity index (χ1n) is 9.02. The highest BCUT2D eigenvalue weighted by atomic mass is 32.1. The van der Waals surface area contributed by atoms with Gasteiger partial charge in [0.2, 0.25) is 0 Å². The second kappa shape index (κ2) is 8.17. The maximum absolute atomic E-state index is 12.9. The Kier molecular flexibility index (Phi) is 5.48. The van der Waals surface area contributed by atoms with Gasteiger partial charge in [-0.25, -0.2) is 9.37 Å². The molecule has 2 N–H and O–H groups in total. The van der Waals surface area contributed by atoms with Gasteiger partial charge in [0, 0.05) is 37.0 Å². The summed E-state index contributed by atoms with van der Waals surface area (Å²) < 4.78 is 18.6. The van der Waals surface area contributed by atoms with Gasteiger partial charge in [-0.15, -0.1) is 11.3 Å². The standard InChI is InChI=1S/C21H22FN3OS/c22-16-6-8-18(9-7-16)26-13-21-24-17(14-27-21)10-25-11-19(20(23)12-25)15-4-2-1-3-5-15/h1-9,14,19-20H,10-13,23H2/t19-,20+/m0/s1. The SMILES string of the molecule is N[C@@H]1CN(Cc2csc(COc3ccc(F)cc3)n2)C[C@H]1c1ccccc1. The van der Waals surface area contributed by atoms with Crippen molar-refractivity contribution in [3.8, 4) is 5.75 Å². The van der Waals surface area contributed by atoms with Crippen LogP contribution in [0.4, 0.5) is 4.39 Å². The number of aromatic nitrogens is 1. The lowest BCUT2D eigenvalue weighted by Crippen LogP contribution is -2.28. The van der Waals surface area contributed by atoms with Gasteiger partial charge in [-0.3, -0.25) is 4.90 Å². The molecular weight excluding hydrogens is 361 g/mol. The van der Waals surface area contributed by atoms with Crippen molar-refractivity contribution in [3.05, 3.63) is 82.1 Å². The maximum Gasteiger partial charge on any atom is 0.140 e. The maximum atomic E-state index is 12.9. The summed E-state index contributed by atoms with van der Waals surface area (Å²) >= 11 is 1.59. The van der Waals surface area contributed by atoms with Crippen LogP contribution in [0.15, 0.2) is 60.0 Å². The molecule has 0 amide bonds. The minimum atomic E-state index is -0.267. The van der Waals surface area contributed by atoms with E-state index in [1.807, 2.05) is 6.07 Å². The molecule has 0 aliphatic carbocycles. The zero-order chi connectivity index (χ0) is 18.6. The largest absolute Gasteiger partial charge is 0.486 e. The first-order valence-corrected chi connectivity index (χ1v) is 9.90. The van der Waals surface area contributed by atoms with E-state index in [0.29, 0.717) is 18.3 Å². The Balaban J connectivity index is 1.32. The van der Waals surface area contributed by atoms with E-state index >= 15 is 0 Å². The Bertz CT molecular complexity index is 869. The summed E-state index contributed by atoms with van der Waals surface area (Å²) in [5.41, 5.74) is 8.72. The number of rotatable bonds is 6. The van der Waals surface area contributed by atoms with Gasteiger partial charge < -0.3 is 10.5 Å². The highest BCUT2D eigenvalue weighted by Gasteiger charge is 2.31. The number of ether oxygens (including phenoxy) is 1. The van der Waals surface area contributed by atoms with E-state index < -0.39 is 0 Å². The quantitative estimate of drug-likeness (QED) is 0.704. The number of halogens is 1. The molecule has 0 saturated carbocycles. The van der Waals surface area contributed by atoms with E-state index in [2.05, 4.69) is 39.5 Å². The lowest BCUT2D eigenvalue weighted by atomic mass is 9.95. The van der Waals surface area contributed by atoms with Gasteiger partial charge in [0.05, 0.1) is 5.69 Å². The molecule has 6 heteroatoms. The first-order chi connectivity index (χ1) is 13.2. The second-order valence-electron chi connectivity index (χ2n) is 6.85. The number of thiazole rings is 1. The minimum Gasteiger partial charge on any atom is -0.486 e. The average molecular weight is 383 g/mol. The number of hydrogen-bond donors (Lipinski definition) is 1. The van der Waals surface area contributed by atoms with Gasteiger partial charge in [0.15, 0.2) is 0 Å². The molecule has 27 heavy (non-hydrogen) atoms. The molecular formula is C21H22FN3OS. The van der Waals surface area contributed by atoms with Crippen molar-refractivity contribution in [2.75, 3.05) is 13.1 Å². The van der Waals surface area contributed by atoms with Crippen molar-refractivity contribution < 1.29 is 9.13 Å². The van der Waals surface area contributed by atoms with E-state index in [1.54, 1.807) is 23.5 Å². The third kappa shape index (κ3) is 4.53. The van der Waals surface area contributed by atoms with Crippen LogP contribution >= 0.6 is 11.3 Å². The Morgan fingerprint density at radius 3 is 2.67 bits per heavy atom. The van der Waals surface area contributed by atoms with E-state index in [4.69, 9.17) is 10.5 Å². The molecule has 1 fully saturated rings. The lowest BCUT2D eigenvalue weighted by Gasteiger charge is -2.15. The Labute approximate surface area is 162 Å². The second-order valence-corrected chi connectivity index (χ2v) is 7.79. The van der Waals surface area contributed by atoms with E-state index in [-0.39, 0.29) is 11.9 Å². The Morgan fingerprint density at radius 1 is 1.11 bits per heavy atom. The molecule has 1 aliphatic heterocycles. The predicted molar refractivity (Wildman–Crippen MR) is 105 cm³/mol. The summed E-state index contributed by atoms with van der Waals surface area (Å²) in [4.78, 5) is 7.03. The summed E-state index contributed by atoms with van der Waals surface area (Å²) in [6.07, 6.45) is 0. The summed E-state index contributed by atoms with van der Waals surface area (Å²) in [5, 5.41) is 2.99. The topological polar surface area (TPSA) is 51.4 Å². The summed E-state index contributed by atoms with van der Waals surface area (Å²) in [5.74, 6) is 0.743. The molecule has 140 valence electrons. The van der Waals surface area contributed by atoms with Crippen LogP contribution in [-0.4, -0.2) is 29.0 Å². The lowest BCUT2D eigenvalue weighted by molar-refractivity contribution is 0.301. The van der Waals surface area contributed by atoms with Crippen LogP contribution in [0, 0.1) is 5.82 Å². The number of likely N-dealkylation sites (tertiary alicyclic amines) is 1. The smallest absolute Gasteiger partial charge is 0.140 e. The number of nitrogens with two attached hydrogens (primary N) is 1. The van der Waals surface area contributed by atoms with Crippen LogP contribution in [0.5, 0.6) is 5.75 Å². The van der Waals surface area contributed by atoms with Gasteiger partial charge in [0.25, 0.3) is 0 Å². The Morgan fingerprint density at radius 2 is 1.89 bits per heavy atom. The van der Waals surface area contributed by atoms with Crippen molar-refractivity contribution >= 4 is 11.3 Å². The molecule has 4 nitrogen and oxygen atoms in total. The number of nitrogens with zero attached hydrogens (tertiary/aromatic N) is 2. The fourth-order valence-electron chi connectivity index (χ4n) is 3.49. The van der Waals surface area contributed by atoms with Gasteiger partial charge in [-0.1, -0.05) is 30.3 Å². The first kappa shape index (κ1) is 18.1. The molecule has 0 unspecified atom stereocenters. The van der Waals surface area contributed by atoms with Crippen LogP contribution in [0.2, 0.25) is 0 Å². The highest BCUT2D eigenvalue weighted by molar-refractivity contribution is 7.09. The summed E-state index contributed by atoms with van der Waals surface area (Å²) in [6, 6.07) is 16.7. The van der Waals surface area contributed by atoms with Crippen molar-refractivity contribution in [1.29, 1.82) is 0 Å². The zero-order valence-electron chi connectivity index (χ0n) is 14.9. The van der Waals surface area contributed by atoms with E-state index in [9.17, 15) is 4.39 Å². The molecule has 3 aromatic rings. The van der Waals surface area contributed by atoms with Crippen molar-refractivity contribution in [2.24, 2.45) is 5.73 Å². The third-order valence-corrected chi connectivity index (χ3v) is 5.70. The highest BCUT2D eigenvalue weighted by Crippen LogP contribution is 2.27. The van der Waals surface area contributed by atoms with Gasteiger partial charge in [0.1, 0.15) is 23.2 Å². The van der Waals surface area contributed by atoms with Crippen LogP contribution in [-0.2, 0) is 13.2 Å². The van der Waals surface area contributed by atoms with E-state index in [1.165, 1.54) is 17.7 Å². The fourth-order valence-corrected chi connectivity index (χ4v) is 4.18. The molecule has 1 aromatic heterocycles. The van der Waals surface area contributed by atoms with Gasteiger partial charge in [-0.05, 0) is 29.8 Å². The molecule has 0 radical (unpaired) electrons. The molecule has 1 aliphatic rings. The van der Waals surface area contributed by atoms with Crippen LogP contribution in [0.1, 0.15) is 22.2 Å². The molecule has 2 aromatic carbocycles. The number of hydrogen-bond acceptors (Lipinski definition) is 5. The van der Waals surface area contributed by atoms with Crippen LogP contribution in [0.3, 0.4) is 0 Å². The van der Waals surface area contributed by atoms with Crippen molar-refractivity contribution in [2.45, 2.75) is 25.1 Å². The third-order valence-electron chi connectivity index (χ3n) is 4.83. The van der Waals surface area contributed by atoms with Crippen molar-refractivity contribution in [1.82, 2.24) is 9.88 Å². The van der Waals surface area contributed by atoms with Crippen LogP contribution < -0.4 is 10.5 Å². The minimum absolute atomic E-state index is 0.146. The molecule has 2 heterocycles. The van der Waals surface area contributed by atoms with Crippen molar-refractivity contribution in [3.63, 3.8) is 0 Å². The monoisotopic (exact) mass is 383 g/mol. The van der Waals surface area contributed by atoms with E-state index in [0.717, 1.165) is 30.3 Å². The predicted octanol–water partition coefficient (Wildman–Crippen LogP) is 3.79. The zero-order valence-corrected chi connectivity index (χ0v) is 15.7. The Hall–Kier alpha value is -2.28. The summed E-state index contributed by atoms with van der Waals surface area (Å²) in [7, 11) is 0. The fraction of sp³-hybridized carbons (Fsp3) is 0.286. The average Bonchev–Trinajstić information content (AvgIpc) is 3.28. The normalized spacial score (nSPS) is 20.1. The van der Waals surface area contributed by atoms with Gasteiger partial charge >= 0.3 is 0 Å². The molecule has 4 rings (SSSR count). The summed E-state index contributed by atoms with van der Waals surface area (Å²) in [6.45, 7) is 3.01. The molecule has 2 atom stereocenters. The molecule has 1 saturated heterocycles.